The number of benzene rings is 2. The van der Waals surface area contributed by atoms with E-state index in [2.05, 4.69) is 10.2 Å². The molecule has 1 aromatic heterocycles. The Hall–Kier alpha value is -2.96. The number of carbonyl (C=O) groups is 1. The summed E-state index contributed by atoms with van der Waals surface area (Å²) in [6, 6.07) is 17.0. The van der Waals surface area contributed by atoms with Gasteiger partial charge in [0.15, 0.2) is 0 Å². The molecule has 1 N–H and O–H groups in total. The number of anilines is 1. The molecule has 7 heteroatoms. The fraction of sp³-hybridized carbons (Fsp3) is 0.280. The zero-order chi connectivity index (χ0) is 22.5. The van der Waals surface area contributed by atoms with Crippen LogP contribution in [0.1, 0.15) is 24.0 Å². The van der Waals surface area contributed by atoms with E-state index in [9.17, 15) is 14.0 Å². The van der Waals surface area contributed by atoms with E-state index in [-0.39, 0.29) is 23.2 Å². The number of rotatable bonds is 6. The first-order valence-corrected chi connectivity index (χ1v) is 11.1. The van der Waals surface area contributed by atoms with Crippen LogP contribution in [0.2, 0.25) is 5.02 Å². The van der Waals surface area contributed by atoms with Gasteiger partial charge in [-0.25, -0.2) is 4.39 Å². The number of nitrogens with zero attached hydrogens (tertiary/aromatic N) is 2. The second kappa shape index (κ2) is 10.1. The van der Waals surface area contributed by atoms with E-state index in [1.807, 2.05) is 24.3 Å². The summed E-state index contributed by atoms with van der Waals surface area (Å²) in [5.41, 5.74) is 2.14. The second-order valence-corrected chi connectivity index (χ2v) is 8.58. The highest BCUT2D eigenvalue weighted by Gasteiger charge is 2.26. The number of pyridine rings is 1. The van der Waals surface area contributed by atoms with Crippen LogP contribution in [0.25, 0.3) is 0 Å². The summed E-state index contributed by atoms with van der Waals surface area (Å²) in [6.45, 7) is 2.43. The number of likely N-dealkylation sites (tertiary alicyclic amines) is 1. The van der Waals surface area contributed by atoms with Gasteiger partial charge < -0.3 is 9.88 Å². The Kier molecular flexibility index (Phi) is 7.02. The van der Waals surface area contributed by atoms with Gasteiger partial charge in [0.05, 0.1) is 18.2 Å². The van der Waals surface area contributed by atoms with E-state index >= 15 is 0 Å². The topological polar surface area (TPSA) is 54.3 Å². The molecule has 3 aromatic rings. The number of aromatic nitrogens is 1. The minimum absolute atomic E-state index is 0.0723. The molecular weight excluding hydrogens is 429 g/mol. The smallest absolute Gasteiger partial charge is 0.250 e. The molecule has 1 aliphatic heterocycles. The van der Waals surface area contributed by atoms with Gasteiger partial charge in [-0.15, -0.1) is 0 Å². The molecule has 5 nitrogen and oxygen atoms in total. The van der Waals surface area contributed by atoms with Crippen molar-refractivity contribution in [3.8, 4) is 0 Å². The van der Waals surface area contributed by atoms with Crippen molar-refractivity contribution in [2.24, 2.45) is 5.92 Å². The first-order chi connectivity index (χ1) is 15.5. The molecule has 2 aromatic carbocycles. The van der Waals surface area contributed by atoms with Crippen LogP contribution in [0.5, 0.6) is 0 Å². The predicted octanol–water partition coefficient (Wildman–Crippen LogP) is 4.54. The highest BCUT2D eigenvalue weighted by atomic mass is 35.5. The lowest BCUT2D eigenvalue weighted by Crippen LogP contribution is -2.40. The number of carbonyl (C=O) groups excluding carboxylic acids is 1. The molecule has 32 heavy (non-hydrogen) atoms. The predicted molar refractivity (Wildman–Crippen MR) is 124 cm³/mol. The molecular formula is C25H25ClFN3O2. The standard InChI is InChI=1S/C25H25ClFN3O2/c26-23-9-2-1-6-19(23)16-30-17-22(10-11-24(30)31)28-25(32)20-7-4-12-29(15-20)14-18-5-3-8-21(27)13-18/h1-3,5-6,8-11,13,17,20H,4,7,12,14-16H2,(H,28,32). The van der Waals surface area contributed by atoms with Crippen LogP contribution in [0.3, 0.4) is 0 Å². The van der Waals surface area contributed by atoms with Gasteiger partial charge in [0.2, 0.25) is 5.91 Å². The number of amides is 1. The summed E-state index contributed by atoms with van der Waals surface area (Å²) in [6.07, 6.45) is 3.35. The fourth-order valence-electron chi connectivity index (χ4n) is 4.09. The first-order valence-electron chi connectivity index (χ1n) is 10.7. The molecule has 166 valence electrons. The van der Waals surface area contributed by atoms with E-state index in [0.717, 1.165) is 30.5 Å². The van der Waals surface area contributed by atoms with Gasteiger partial charge in [-0.3, -0.25) is 14.5 Å². The molecule has 4 rings (SSSR count). The normalized spacial score (nSPS) is 16.6. The Morgan fingerprint density at radius 2 is 1.94 bits per heavy atom. The van der Waals surface area contributed by atoms with Crippen LogP contribution in [-0.4, -0.2) is 28.5 Å². The van der Waals surface area contributed by atoms with Crippen LogP contribution < -0.4 is 10.9 Å². The number of piperidine rings is 1. The Labute approximate surface area is 191 Å². The average molecular weight is 454 g/mol. The number of nitrogens with one attached hydrogen (secondary N) is 1. The van der Waals surface area contributed by atoms with Crippen molar-refractivity contribution in [2.45, 2.75) is 25.9 Å². The van der Waals surface area contributed by atoms with Crippen LogP contribution in [-0.2, 0) is 17.9 Å². The third kappa shape index (κ3) is 5.64. The van der Waals surface area contributed by atoms with Crippen molar-refractivity contribution in [3.05, 3.63) is 99.2 Å². The lowest BCUT2D eigenvalue weighted by Gasteiger charge is -2.32. The molecule has 1 aliphatic rings. The molecule has 1 fully saturated rings. The highest BCUT2D eigenvalue weighted by molar-refractivity contribution is 6.31. The lowest BCUT2D eigenvalue weighted by molar-refractivity contribution is -0.121. The zero-order valence-electron chi connectivity index (χ0n) is 17.6. The van der Waals surface area contributed by atoms with Gasteiger partial charge in [0.25, 0.3) is 5.56 Å². The van der Waals surface area contributed by atoms with Gasteiger partial charge in [-0.1, -0.05) is 41.9 Å². The molecule has 1 unspecified atom stereocenters. The average Bonchev–Trinajstić information content (AvgIpc) is 2.78. The molecule has 0 aliphatic carbocycles. The SMILES string of the molecule is O=C(Nc1ccc(=O)n(Cc2ccccc2Cl)c1)C1CCCN(Cc2cccc(F)c2)C1. The van der Waals surface area contributed by atoms with Crippen molar-refractivity contribution >= 4 is 23.2 Å². The Balaban J connectivity index is 1.41. The third-order valence-electron chi connectivity index (χ3n) is 5.72. The summed E-state index contributed by atoms with van der Waals surface area (Å²) < 4.78 is 15.0. The van der Waals surface area contributed by atoms with Crippen LogP contribution in [0, 0.1) is 11.7 Å². The number of hydrogen-bond donors (Lipinski definition) is 1. The van der Waals surface area contributed by atoms with Crippen molar-refractivity contribution in [2.75, 3.05) is 18.4 Å². The molecule has 1 atom stereocenters. The summed E-state index contributed by atoms with van der Waals surface area (Å²) >= 11 is 6.22. The van der Waals surface area contributed by atoms with Crippen LogP contribution in [0.4, 0.5) is 10.1 Å². The maximum atomic E-state index is 13.5. The van der Waals surface area contributed by atoms with Crippen molar-refractivity contribution in [1.29, 1.82) is 0 Å². The zero-order valence-corrected chi connectivity index (χ0v) is 18.4. The minimum Gasteiger partial charge on any atom is -0.325 e. The largest absolute Gasteiger partial charge is 0.325 e. The molecule has 0 spiro atoms. The molecule has 0 radical (unpaired) electrons. The Bertz CT molecular complexity index is 1160. The summed E-state index contributed by atoms with van der Waals surface area (Å²) in [5, 5.41) is 3.55. The van der Waals surface area contributed by atoms with Gasteiger partial charge in [-0.2, -0.15) is 0 Å². The van der Waals surface area contributed by atoms with E-state index in [1.165, 1.54) is 22.8 Å². The van der Waals surface area contributed by atoms with Gasteiger partial charge in [0, 0.05) is 30.4 Å². The maximum absolute atomic E-state index is 13.5. The molecule has 2 heterocycles. The molecule has 0 bridgehead atoms. The third-order valence-corrected chi connectivity index (χ3v) is 6.09. The molecule has 1 saturated heterocycles. The van der Waals surface area contributed by atoms with E-state index < -0.39 is 0 Å². The van der Waals surface area contributed by atoms with Crippen molar-refractivity contribution in [3.63, 3.8) is 0 Å². The molecule has 1 amide bonds. The van der Waals surface area contributed by atoms with E-state index in [0.29, 0.717) is 30.3 Å². The minimum atomic E-state index is -0.249. The number of hydrogen-bond acceptors (Lipinski definition) is 3. The first kappa shape index (κ1) is 22.2. The Morgan fingerprint density at radius 3 is 2.75 bits per heavy atom. The van der Waals surface area contributed by atoms with Crippen LogP contribution >= 0.6 is 11.6 Å². The Morgan fingerprint density at radius 1 is 1.09 bits per heavy atom. The summed E-state index contributed by atoms with van der Waals surface area (Å²) in [5.74, 6) is -0.487. The summed E-state index contributed by atoms with van der Waals surface area (Å²) in [7, 11) is 0. The van der Waals surface area contributed by atoms with E-state index in [1.54, 1.807) is 24.4 Å². The van der Waals surface area contributed by atoms with Gasteiger partial charge in [-0.05, 0) is 54.8 Å². The lowest BCUT2D eigenvalue weighted by atomic mass is 9.96. The van der Waals surface area contributed by atoms with Crippen molar-refractivity contribution < 1.29 is 9.18 Å². The number of halogens is 2. The quantitative estimate of drug-likeness (QED) is 0.596. The van der Waals surface area contributed by atoms with E-state index in [4.69, 9.17) is 11.6 Å². The van der Waals surface area contributed by atoms with Gasteiger partial charge >= 0.3 is 0 Å². The highest BCUT2D eigenvalue weighted by Crippen LogP contribution is 2.21. The van der Waals surface area contributed by atoms with Crippen LogP contribution in [0.15, 0.2) is 71.7 Å². The monoisotopic (exact) mass is 453 g/mol. The second-order valence-electron chi connectivity index (χ2n) is 8.17. The summed E-state index contributed by atoms with van der Waals surface area (Å²) in [4.78, 5) is 27.4. The van der Waals surface area contributed by atoms with Crippen molar-refractivity contribution in [1.82, 2.24) is 9.47 Å². The molecule has 0 saturated carbocycles. The maximum Gasteiger partial charge on any atom is 0.250 e. The van der Waals surface area contributed by atoms with Gasteiger partial charge in [0.1, 0.15) is 5.82 Å². The fourth-order valence-corrected chi connectivity index (χ4v) is 4.29.